The van der Waals surface area contributed by atoms with E-state index in [4.69, 9.17) is 16.3 Å². The summed E-state index contributed by atoms with van der Waals surface area (Å²) in [5.41, 5.74) is 2.93. The number of hydrogen-bond donors (Lipinski definition) is 1. The quantitative estimate of drug-likeness (QED) is 0.387. The average molecular weight is 515 g/mol. The van der Waals surface area contributed by atoms with Crippen LogP contribution in [-0.4, -0.2) is 33.7 Å². The summed E-state index contributed by atoms with van der Waals surface area (Å²) in [5, 5.41) is 3.18. The van der Waals surface area contributed by atoms with E-state index in [1.807, 2.05) is 24.3 Å². The lowest BCUT2D eigenvalue weighted by molar-refractivity contribution is 0.0947. The predicted molar refractivity (Wildman–Crippen MR) is 142 cm³/mol. The Morgan fingerprint density at radius 3 is 2.17 bits per heavy atom. The Kier molecular flexibility index (Phi) is 8.46. The largest absolute Gasteiger partial charge is 0.492 e. The Bertz CT molecular complexity index is 1250. The topological polar surface area (TPSA) is 75.7 Å². The molecule has 0 fully saturated rings. The molecule has 1 N–H and O–H groups in total. The van der Waals surface area contributed by atoms with Crippen molar-refractivity contribution in [2.45, 2.75) is 32.7 Å². The minimum atomic E-state index is -3.56. The van der Waals surface area contributed by atoms with Crippen molar-refractivity contribution in [3.8, 4) is 5.75 Å². The molecule has 0 aliphatic rings. The molecule has 0 atom stereocenters. The van der Waals surface area contributed by atoms with Crippen LogP contribution in [0.4, 0.5) is 5.69 Å². The van der Waals surface area contributed by atoms with Gasteiger partial charge in [-0.15, -0.1) is 0 Å². The summed E-state index contributed by atoms with van der Waals surface area (Å²) in [4.78, 5) is 12.5. The number of hydrogen-bond acceptors (Lipinski definition) is 4. The highest BCUT2D eigenvalue weighted by Gasteiger charge is 2.20. The van der Waals surface area contributed by atoms with E-state index in [9.17, 15) is 13.2 Å². The second-order valence-corrected chi connectivity index (χ2v) is 11.6. The number of benzene rings is 3. The molecule has 0 aliphatic heterocycles. The monoisotopic (exact) mass is 514 g/mol. The van der Waals surface area contributed by atoms with Crippen LogP contribution in [-0.2, 0) is 22.0 Å². The number of anilines is 1. The van der Waals surface area contributed by atoms with Gasteiger partial charge in [0.15, 0.2) is 0 Å². The first-order chi connectivity index (χ1) is 16.4. The average Bonchev–Trinajstić information content (AvgIpc) is 2.80. The molecule has 3 aromatic rings. The van der Waals surface area contributed by atoms with Crippen LogP contribution in [0, 0.1) is 0 Å². The van der Waals surface area contributed by atoms with Crippen LogP contribution in [0.25, 0.3) is 0 Å². The Labute approximate surface area is 212 Å². The maximum absolute atomic E-state index is 12.5. The molecule has 0 spiro atoms. The number of halogens is 1. The minimum Gasteiger partial charge on any atom is -0.492 e. The van der Waals surface area contributed by atoms with Gasteiger partial charge in [0.2, 0.25) is 10.0 Å². The summed E-state index contributed by atoms with van der Waals surface area (Å²) < 4.78 is 31.7. The molecule has 6 nitrogen and oxygen atoms in total. The number of para-hydroxylation sites is 1. The molecule has 8 heteroatoms. The van der Waals surface area contributed by atoms with Crippen molar-refractivity contribution in [1.82, 2.24) is 5.32 Å². The highest BCUT2D eigenvalue weighted by atomic mass is 35.5. The number of nitrogens with one attached hydrogen (secondary N) is 1. The first-order valence-electron chi connectivity index (χ1n) is 11.3. The summed E-state index contributed by atoms with van der Waals surface area (Å²) in [6.45, 7) is 7.28. The van der Waals surface area contributed by atoms with Crippen LogP contribution >= 0.6 is 11.6 Å². The van der Waals surface area contributed by atoms with E-state index in [1.165, 1.54) is 9.87 Å². The van der Waals surface area contributed by atoms with E-state index in [0.29, 0.717) is 29.4 Å². The summed E-state index contributed by atoms with van der Waals surface area (Å²) >= 11 is 6.21. The zero-order chi connectivity index (χ0) is 25.6. The van der Waals surface area contributed by atoms with E-state index in [0.717, 1.165) is 17.6 Å². The highest BCUT2D eigenvalue weighted by molar-refractivity contribution is 7.92. The van der Waals surface area contributed by atoms with Crippen LogP contribution in [0.2, 0.25) is 5.02 Å². The Morgan fingerprint density at radius 1 is 0.971 bits per heavy atom. The van der Waals surface area contributed by atoms with Gasteiger partial charge >= 0.3 is 0 Å². The number of rotatable bonds is 9. The van der Waals surface area contributed by atoms with Crippen molar-refractivity contribution < 1.29 is 17.9 Å². The summed E-state index contributed by atoms with van der Waals surface area (Å²) in [6.07, 6.45) is 1.14. The van der Waals surface area contributed by atoms with Crippen molar-refractivity contribution in [1.29, 1.82) is 0 Å². The molecular weight excluding hydrogens is 484 g/mol. The fourth-order valence-electron chi connectivity index (χ4n) is 3.45. The predicted octanol–water partition coefficient (Wildman–Crippen LogP) is 5.41. The number of ether oxygens (including phenoxy) is 1. The number of carbonyl (C=O) groups is 1. The molecule has 0 aromatic heterocycles. The first kappa shape index (κ1) is 26.6. The van der Waals surface area contributed by atoms with Crippen LogP contribution in [0.1, 0.15) is 42.3 Å². The number of nitrogens with zero attached hydrogens (tertiary/aromatic N) is 1. The zero-order valence-electron chi connectivity index (χ0n) is 20.4. The van der Waals surface area contributed by atoms with Gasteiger partial charge in [0.25, 0.3) is 5.91 Å². The SMILES string of the molecule is CC(C)(C)c1ccc(OCCNC(=O)c2ccc(CN(c3ccccc3Cl)S(C)(=O)=O)cc2)cc1. The standard InChI is InChI=1S/C27H31ClN2O4S/c1-27(2,3)22-13-15-23(16-14-22)34-18-17-29-26(31)21-11-9-20(10-12-21)19-30(35(4,32)33)25-8-6-5-7-24(25)28/h5-16H,17-19H2,1-4H3,(H,29,31). The van der Waals surface area contributed by atoms with Gasteiger partial charge in [-0.3, -0.25) is 9.10 Å². The zero-order valence-corrected chi connectivity index (χ0v) is 22.0. The van der Waals surface area contributed by atoms with Crippen LogP contribution in [0.5, 0.6) is 5.75 Å². The second kappa shape index (κ2) is 11.1. The summed E-state index contributed by atoms with van der Waals surface area (Å²) in [6, 6.07) is 21.6. The molecule has 3 rings (SSSR count). The maximum Gasteiger partial charge on any atom is 0.251 e. The third-order valence-corrected chi connectivity index (χ3v) is 6.89. The van der Waals surface area contributed by atoms with Crippen LogP contribution in [0.3, 0.4) is 0 Å². The van der Waals surface area contributed by atoms with Gasteiger partial charge in [-0.25, -0.2) is 8.42 Å². The molecule has 3 aromatic carbocycles. The van der Waals surface area contributed by atoms with Crippen molar-refractivity contribution in [3.05, 3.63) is 94.5 Å². The van der Waals surface area contributed by atoms with Gasteiger partial charge in [-0.2, -0.15) is 0 Å². The van der Waals surface area contributed by atoms with Gasteiger partial charge in [0.05, 0.1) is 30.1 Å². The lowest BCUT2D eigenvalue weighted by Gasteiger charge is -2.23. The molecule has 0 aliphatic carbocycles. The molecule has 0 radical (unpaired) electrons. The molecule has 1 amide bonds. The maximum atomic E-state index is 12.5. The minimum absolute atomic E-state index is 0.0831. The number of sulfonamides is 1. The number of carbonyl (C=O) groups excluding carboxylic acids is 1. The number of amides is 1. The molecule has 0 saturated heterocycles. The van der Waals surface area contributed by atoms with E-state index < -0.39 is 10.0 Å². The second-order valence-electron chi connectivity index (χ2n) is 9.30. The van der Waals surface area contributed by atoms with E-state index in [2.05, 4.69) is 26.1 Å². The Morgan fingerprint density at radius 2 is 1.60 bits per heavy atom. The third-order valence-electron chi connectivity index (χ3n) is 5.44. The van der Waals surface area contributed by atoms with Gasteiger partial charge in [0, 0.05) is 5.56 Å². The Balaban J connectivity index is 1.54. The lowest BCUT2D eigenvalue weighted by atomic mass is 9.87. The lowest BCUT2D eigenvalue weighted by Crippen LogP contribution is -2.30. The molecule has 0 saturated carbocycles. The van der Waals surface area contributed by atoms with Crippen molar-refractivity contribution in [2.24, 2.45) is 0 Å². The van der Waals surface area contributed by atoms with Gasteiger partial charge in [-0.1, -0.05) is 68.8 Å². The third kappa shape index (κ3) is 7.47. The normalized spacial score (nSPS) is 11.7. The van der Waals surface area contributed by atoms with Crippen LogP contribution in [0.15, 0.2) is 72.8 Å². The molecular formula is C27H31ClN2O4S. The molecule has 0 unspecified atom stereocenters. The highest BCUT2D eigenvalue weighted by Crippen LogP contribution is 2.29. The van der Waals surface area contributed by atoms with Crippen molar-refractivity contribution in [2.75, 3.05) is 23.7 Å². The van der Waals surface area contributed by atoms with E-state index >= 15 is 0 Å². The molecule has 186 valence electrons. The molecule has 0 heterocycles. The van der Waals surface area contributed by atoms with E-state index in [1.54, 1.807) is 48.5 Å². The summed E-state index contributed by atoms with van der Waals surface area (Å²) in [5.74, 6) is 0.528. The van der Waals surface area contributed by atoms with E-state index in [-0.39, 0.29) is 17.9 Å². The van der Waals surface area contributed by atoms with Crippen LogP contribution < -0.4 is 14.4 Å². The first-order valence-corrected chi connectivity index (χ1v) is 13.5. The molecule has 0 bridgehead atoms. The van der Waals surface area contributed by atoms with Crippen molar-refractivity contribution >= 4 is 33.2 Å². The summed E-state index contributed by atoms with van der Waals surface area (Å²) in [7, 11) is -3.56. The fraction of sp³-hybridized carbons (Fsp3) is 0.296. The van der Waals surface area contributed by atoms with Gasteiger partial charge in [0.1, 0.15) is 12.4 Å². The van der Waals surface area contributed by atoms with Crippen molar-refractivity contribution in [3.63, 3.8) is 0 Å². The van der Waals surface area contributed by atoms with Gasteiger partial charge < -0.3 is 10.1 Å². The smallest absolute Gasteiger partial charge is 0.251 e. The van der Waals surface area contributed by atoms with Gasteiger partial charge in [-0.05, 0) is 52.9 Å². The molecule has 35 heavy (non-hydrogen) atoms. The fourth-order valence-corrected chi connectivity index (χ4v) is 4.64. The Hall–Kier alpha value is -3.03.